The smallest absolute Gasteiger partial charge is 0.328 e. The highest BCUT2D eigenvalue weighted by atomic mass is 32.2. The molecule has 0 spiro atoms. The van der Waals surface area contributed by atoms with Gasteiger partial charge in [-0.3, -0.25) is 0 Å². The number of rotatable bonds is 7. The summed E-state index contributed by atoms with van der Waals surface area (Å²) in [6, 6.07) is 7.52. The van der Waals surface area contributed by atoms with Crippen LogP contribution < -0.4 is 4.74 Å². The van der Waals surface area contributed by atoms with Crippen molar-refractivity contribution in [2.45, 2.75) is 37.4 Å². The molecule has 0 aromatic heterocycles. The van der Waals surface area contributed by atoms with E-state index in [1.807, 2.05) is 36.0 Å². The van der Waals surface area contributed by atoms with Crippen molar-refractivity contribution >= 4 is 23.8 Å². The lowest BCUT2D eigenvalue weighted by molar-refractivity contribution is -0.131. The average molecular weight is 306 g/mol. The minimum Gasteiger partial charge on any atom is -0.493 e. The molecule has 0 atom stereocenters. The van der Waals surface area contributed by atoms with Gasteiger partial charge in [-0.15, -0.1) is 0 Å². The molecule has 0 heterocycles. The Hall–Kier alpha value is -1.42. The van der Waals surface area contributed by atoms with Crippen LogP contribution in [0, 0.1) is 0 Å². The van der Waals surface area contributed by atoms with Gasteiger partial charge in [-0.2, -0.15) is 11.8 Å². The van der Waals surface area contributed by atoms with E-state index < -0.39 is 5.97 Å². The number of benzene rings is 1. The summed E-state index contributed by atoms with van der Waals surface area (Å²) in [5.41, 5.74) is 0.842. The van der Waals surface area contributed by atoms with Crippen LogP contribution in [0.5, 0.6) is 5.75 Å². The molecule has 0 radical (unpaired) electrons. The summed E-state index contributed by atoms with van der Waals surface area (Å²) in [6.07, 6.45) is 9.54. The normalized spacial score (nSPS) is 16.2. The number of ether oxygens (including phenoxy) is 1. The lowest BCUT2D eigenvalue weighted by Crippen LogP contribution is -2.11. The fourth-order valence-corrected chi connectivity index (χ4v) is 3.66. The van der Waals surface area contributed by atoms with Crippen molar-refractivity contribution in [1.29, 1.82) is 0 Å². The van der Waals surface area contributed by atoms with Gasteiger partial charge < -0.3 is 9.84 Å². The van der Waals surface area contributed by atoms with E-state index in [-0.39, 0.29) is 0 Å². The van der Waals surface area contributed by atoms with Crippen molar-refractivity contribution in [3.8, 4) is 5.75 Å². The van der Waals surface area contributed by atoms with Gasteiger partial charge in [0, 0.05) is 17.1 Å². The van der Waals surface area contributed by atoms with Crippen molar-refractivity contribution in [3.05, 3.63) is 35.9 Å². The Balaban J connectivity index is 1.72. The van der Waals surface area contributed by atoms with Gasteiger partial charge in [0.25, 0.3) is 0 Å². The summed E-state index contributed by atoms with van der Waals surface area (Å²) < 4.78 is 5.74. The third kappa shape index (κ3) is 6.25. The first-order valence-corrected chi connectivity index (χ1v) is 8.54. The first-order chi connectivity index (χ1) is 10.2. The van der Waals surface area contributed by atoms with Crippen LogP contribution in [0.1, 0.15) is 37.7 Å². The molecule has 1 aliphatic rings. The van der Waals surface area contributed by atoms with Crippen LogP contribution in [0.3, 0.4) is 0 Å². The SMILES string of the molecule is O=C(O)C=Cc1cccc(OCCSC2CCCCC2)c1. The van der Waals surface area contributed by atoms with E-state index in [0.717, 1.165) is 28.4 Å². The fourth-order valence-electron chi connectivity index (χ4n) is 2.48. The number of hydrogen-bond acceptors (Lipinski definition) is 3. The summed E-state index contributed by atoms with van der Waals surface area (Å²) in [4.78, 5) is 10.5. The van der Waals surface area contributed by atoms with Gasteiger partial charge in [0.15, 0.2) is 0 Å². The van der Waals surface area contributed by atoms with Gasteiger partial charge in [0.05, 0.1) is 6.61 Å². The Morgan fingerprint density at radius 3 is 2.90 bits per heavy atom. The zero-order valence-electron chi connectivity index (χ0n) is 12.2. The maximum Gasteiger partial charge on any atom is 0.328 e. The number of aliphatic carboxylic acids is 1. The second-order valence-electron chi connectivity index (χ2n) is 5.22. The lowest BCUT2D eigenvalue weighted by Gasteiger charge is -2.20. The molecule has 1 aromatic rings. The Kier molecular flexibility index (Phi) is 6.67. The van der Waals surface area contributed by atoms with Crippen LogP contribution in [-0.2, 0) is 4.79 Å². The lowest BCUT2D eigenvalue weighted by atomic mass is 10.0. The highest BCUT2D eigenvalue weighted by Crippen LogP contribution is 2.28. The molecule has 21 heavy (non-hydrogen) atoms. The monoisotopic (exact) mass is 306 g/mol. The minimum absolute atomic E-state index is 0.702. The van der Waals surface area contributed by atoms with Crippen molar-refractivity contribution in [2.24, 2.45) is 0 Å². The van der Waals surface area contributed by atoms with Crippen molar-refractivity contribution < 1.29 is 14.6 Å². The van der Waals surface area contributed by atoms with Gasteiger partial charge in [0.2, 0.25) is 0 Å². The maximum atomic E-state index is 10.5. The quantitative estimate of drug-likeness (QED) is 0.605. The number of carbonyl (C=O) groups is 1. The molecule has 4 heteroatoms. The second-order valence-corrected chi connectivity index (χ2v) is 6.63. The molecule has 114 valence electrons. The number of hydrogen-bond donors (Lipinski definition) is 1. The maximum absolute atomic E-state index is 10.5. The molecular formula is C17H22O3S. The molecule has 1 fully saturated rings. The van der Waals surface area contributed by atoms with Crippen molar-refractivity contribution in [3.63, 3.8) is 0 Å². The molecular weight excluding hydrogens is 284 g/mol. The van der Waals surface area contributed by atoms with Crippen LogP contribution in [0.4, 0.5) is 0 Å². The molecule has 1 N–H and O–H groups in total. The third-order valence-corrected chi connectivity index (χ3v) is 4.88. The Morgan fingerprint density at radius 2 is 2.14 bits per heavy atom. The topological polar surface area (TPSA) is 46.5 Å². The average Bonchev–Trinajstić information content (AvgIpc) is 2.51. The van der Waals surface area contributed by atoms with Gasteiger partial charge in [-0.25, -0.2) is 4.79 Å². The van der Waals surface area contributed by atoms with Crippen LogP contribution >= 0.6 is 11.8 Å². The summed E-state index contributed by atoms with van der Waals surface area (Å²) in [5, 5.41) is 9.43. The summed E-state index contributed by atoms with van der Waals surface area (Å²) >= 11 is 2.02. The van der Waals surface area contributed by atoms with E-state index in [1.165, 1.54) is 32.1 Å². The second kappa shape index (κ2) is 8.78. The van der Waals surface area contributed by atoms with E-state index in [4.69, 9.17) is 9.84 Å². The van der Waals surface area contributed by atoms with Crippen molar-refractivity contribution in [2.75, 3.05) is 12.4 Å². The van der Waals surface area contributed by atoms with Crippen LogP contribution in [0.25, 0.3) is 6.08 Å². The van der Waals surface area contributed by atoms with E-state index in [1.54, 1.807) is 6.08 Å². The summed E-state index contributed by atoms with van der Waals surface area (Å²) in [6.45, 7) is 0.702. The third-order valence-electron chi connectivity index (χ3n) is 3.53. The molecule has 1 aromatic carbocycles. The molecule has 1 saturated carbocycles. The Bertz CT molecular complexity index is 479. The largest absolute Gasteiger partial charge is 0.493 e. The van der Waals surface area contributed by atoms with E-state index in [2.05, 4.69) is 0 Å². The van der Waals surface area contributed by atoms with E-state index in [0.29, 0.717) is 6.61 Å². The van der Waals surface area contributed by atoms with E-state index >= 15 is 0 Å². The molecule has 3 nitrogen and oxygen atoms in total. The van der Waals surface area contributed by atoms with E-state index in [9.17, 15) is 4.79 Å². The van der Waals surface area contributed by atoms with Crippen LogP contribution in [-0.4, -0.2) is 28.7 Å². The highest BCUT2D eigenvalue weighted by molar-refractivity contribution is 7.99. The first kappa shape index (κ1) is 16.0. The Labute approximate surface area is 130 Å². The minimum atomic E-state index is -0.940. The highest BCUT2D eigenvalue weighted by Gasteiger charge is 2.13. The molecule has 1 aliphatic carbocycles. The van der Waals surface area contributed by atoms with Crippen LogP contribution in [0.15, 0.2) is 30.3 Å². The number of carboxylic acid groups (broad SMARTS) is 1. The van der Waals surface area contributed by atoms with Crippen molar-refractivity contribution in [1.82, 2.24) is 0 Å². The predicted octanol–water partition coefficient (Wildman–Crippen LogP) is 4.23. The molecule has 0 saturated heterocycles. The Morgan fingerprint density at radius 1 is 1.33 bits per heavy atom. The van der Waals surface area contributed by atoms with Gasteiger partial charge in [-0.1, -0.05) is 31.4 Å². The molecule has 2 rings (SSSR count). The number of thioether (sulfide) groups is 1. The van der Waals surface area contributed by atoms with Gasteiger partial charge >= 0.3 is 5.97 Å². The van der Waals surface area contributed by atoms with Gasteiger partial charge in [0.1, 0.15) is 5.75 Å². The number of carboxylic acids is 1. The molecule has 0 amide bonds. The molecule has 0 unspecified atom stereocenters. The molecule has 0 aliphatic heterocycles. The fraction of sp³-hybridized carbons (Fsp3) is 0.471. The molecule has 0 bridgehead atoms. The first-order valence-electron chi connectivity index (χ1n) is 7.49. The predicted molar refractivity (Wildman–Crippen MR) is 87.9 cm³/mol. The van der Waals surface area contributed by atoms with Crippen LogP contribution in [0.2, 0.25) is 0 Å². The summed E-state index contributed by atoms with van der Waals surface area (Å²) in [5.74, 6) is 0.872. The summed E-state index contributed by atoms with van der Waals surface area (Å²) in [7, 11) is 0. The standard InChI is InChI=1S/C17H22O3S/c18-17(19)10-9-14-5-4-6-15(13-14)20-11-12-21-16-7-2-1-3-8-16/h4-6,9-10,13,16H,1-3,7-8,11-12H2,(H,18,19). The van der Waals surface area contributed by atoms with Gasteiger partial charge in [-0.05, 0) is 36.6 Å². The zero-order valence-corrected chi connectivity index (χ0v) is 13.0. The zero-order chi connectivity index (χ0) is 14.9.